The molecule has 0 atom stereocenters. The van der Waals surface area contributed by atoms with Crippen molar-refractivity contribution in [1.82, 2.24) is 9.97 Å². The zero-order chi connectivity index (χ0) is 76.4. The lowest BCUT2D eigenvalue weighted by molar-refractivity contribution is -0.661. The Labute approximate surface area is 647 Å². The summed E-state index contributed by atoms with van der Waals surface area (Å²) < 4.78 is 9.04. The van der Waals surface area contributed by atoms with Crippen LogP contribution in [-0.4, -0.2) is 9.97 Å². The Morgan fingerprint density at radius 3 is 1.24 bits per heavy atom. The number of hydrogen-bond donors (Lipinski definition) is 0. The van der Waals surface area contributed by atoms with Crippen LogP contribution in [0, 0.1) is 67.7 Å². The molecule has 0 aliphatic heterocycles. The molecule has 0 N–H and O–H groups in total. The van der Waals surface area contributed by atoms with Crippen molar-refractivity contribution < 1.29 is 18.3 Å². The Morgan fingerprint density at radius 2 is 0.761 bits per heavy atom. The van der Waals surface area contributed by atoms with Gasteiger partial charge >= 0.3 is 0 Å². The van der Waals surface area contributed by atoms with Gasteiger partial charge in [-0.05, 0) is 264 Å². The second-order valence-electron chi connectivity index (χ2n) is 32.8. The SMILES string of the molecule is Cc1cc(-c2cc(-c3ccccc3)c3c(c2C)Cc2ccccc2-3)[n+](C)cc1C(C)C.Cc1cc(-c2cc(-c3ccccc3)c3c(c2C)Cc2ccccc2-3)[n+](C)cc1CC(C)(C)C.Cc1ccc(-c2ccc3c(c2C)Cc2nc(C)ccc2-3)[n+](C)c1.Cc1ccc2c(n1)Cc1c-2ccc(-c2cccc[n+]2C)c1C. The largest absolute Gasteiger partial charge is 0.257 e. The van der Waals surface area contributed by atoms with Crippen LogP contribution in [0.2, 0.25) is 0 Å². The number of rotatable bonds is 8. The maximum Gasteiger partial charge on any atom is 0.212 e. The van der Waals surface area contributed by atoms with Crippen LogP contribution in [0.4, 0.5) is 0 Å². The maximum atomic E-state index is 4.74. The molecular weight excluding hydrogens is 1320 g/mol. The fourth-order valence-electron chi connectivity index (χ4n) is 17.8. The summed E-state index contributed by atoms with van der Waals surface area (Å²) in [6.07, 6.45) is 13.9. The highest BCUT2D eigenvalue weighted by Crippen LogP contribution is 2.50. The highest BCUT2D eigenvalue weighted by molar-refractivity contribution is 5.96. The molecule has 4 aliphatic carbocycles. The monoisotopic (exact) mass is 1420 g/mol. The van der Waals surface area contributed by atoms with Crippen LogP contribution in [0.3, 0.4) is 0 Å². The second kappa shape index (κ2) is 29.7. The van der Waals surface area contributed by atoms with Gasteiger partial charge < -0.3 is 0 Å². The molecule has 18 rings (SSSR count). The summed E-state index contributed by atoms with van der Waals surface area (Å²) in [4.78, 5) is 9.46. The summed E-state index contributed by atoms with van der Waals surface area (Å²) in [7, 11) is 8.60. The van der Waals surface area contributed by atoms with Crippen LogP contribution >= 0.6 is 0 Å². The van der Waals surface area contributed by atoms with Gasteiger partial charge in [-0.15, -0.1) is 0 Å². The summed E-state index contributed by atoms with van der Waals surface area (Å²) in [5, 5.41) is 0. The Bertz CT molecular complexity index is 5930. The van der Waals surface area contributed by atoms with Gasteiger partial charge in [-0.2, -0.15) is 0 Å². The molecular formula is C103H104N6+4. The van der Waals surface area contributed by atoms with E-state index in [1.807, 2.05) is 0 Å². The minimum Gasteiger partial charge on any atom is -0.257 e. The van der Waals surface area contributed by atoms with Gasteiger partial charge in [-0.3, -0.25) is 9.97 Å². The first-order valence-corrected chi connectivity index (χ1v) is 39.1. The van der Waals surface area contributed by atoms with E-state index in [9.17, 15) is 0 Å². The van der Waals surface area contributed by atoms with Gasteiger partial charge in [0.15, 0.2) is 24.8 Å². The van der Waals surface area contributed by atoms with Crippen LogP contribution in [0.5, 0.6) is 0 Å². The lowest BCUT2D eigenvalue weighted by Crippen LogP contribution is -2.32. The van der Waals surface area contributed by atoms with E-state index >= 15 is 0 Å². The fourth-order valence-corrected chi connectivity index (χ4v) is 17.8. The van der Waals surface area contributed by atoms with Gasteiger partial charge in [-0.1, -0.05) is 168 Å². The first kappa shape index (κ1) is 73.2. The van der Waals surface area contributed by atoms with Crippen molar-refractivity contribution in [3.05, 3.63) is 343 Å². The van der Waals surface area contributed by atoms with Crippen molar-refractivity contribution in [1.29, 1.82) is 0 Å². The molecule has 0 fully saturated rings. The third-order valence-electron chi connectivity index (χ3n) is 23.5. The molecule has 0 saturated carbocycles. The van der Waals surface area contributed by atoms with E-state index in [0.717, 1.165) is 43.5 Å². The molecule has 0 saturated heterocycles. The number of nitrogens with zero attached hydrogens (tertiary/aromatic N) is 6. The van der Waals surface area contributed by atoms with E-state index in [0.29, 0.717) is 5.92 Å². The molecule has 0 amide bonds. The Kier molecular flexibility index (Phi) is 19.9. The molecule has 542 valence electrons. The number of pyridine rings is 6. The molecule has 0 unspecified atom stereocenters. The Hall–Kier alpha value is -11.3. The summed E-state index contributed by atoms with van der Waals surface area (Å²) in [5.74, 6) is 0.524. The van der Waals surface area contributed by atoms with Crippen molar-refractivity contribution in [2.75, 3.05) is 0 Å². The van der Waals surface area contributed by atoms with E-state index < -0.39 is 0 Å². The van der Waals surface area contributed by atoms with Crippen molar-refractivity contribution in [2.24, 2.45) is 33.6 Å². The van der Waals surface area contributed by atoms with Crippen LogP contribution in [0.1, 0.15) is 147 Å². The summed E-state index contributed by atoms with van der Waals surface area (Å²) in [5.41, 5.74) is 52.6. The number of aromatic nitrogens is 6. The third-order valence-corrected chi connectivity index (χ3v) is 23.5. The third kappa shape index (κ3) is 14.1. The van der Waals surface area contributed by atoms with E-state index in [1.54, 1.807) is 0 Å². The Morgan fingerprint density at radius 1 is 0.339 bits per heavy atom. The quantitative estimate of drug-likeness (QED) is 0.142. The summed E-state index contributed by atoms with van der Waals surface area (Å²) in [6, 6.07) is 77.6. The lowest BCUT2D eigenvalue weighted by atomic mass is 9.85. The average molecular weight is 1430 g/mol. The molecule has 6 nitrogen and oxygen atoms in total. The molecule has 109 heavy (non-hydrogen) atoms. The van der Waals surface area contributed by atoms with Crippen LogP contribution < -0.4 is 18.3 Å². The molecule has 6 heteroatoms. The highest BCUT2D eigenvalue weighted by atomic mass is 14.9. The average Bonchev–Trinajstić information content (AvgIpc) is 1.66. The number of hydrogen-bond acceptors (Lipinski definition) is 2. The van der Waals surface area contributed by atoms with Crippen LogP contribution in [0.15, 0.2) is 237 Å². The van der Waals surface area contributed by atoms with Crippen LogP contribution in [0.25, 0.3) is 112 Å². The second-order valence-corrected chi connectivity index (χ2v) is 32.8. The summed E-state index contributed by atoms with van der Waals surface area (Å²) in [6.45, 7) is 31.3. The molecule has 14 aromatic rings. The predicted molar refractivity (Wildman–Crippen MR) is 452 cm³/mol. The van der Waals surface area contributed by atoms with Gasteiger partial charge in [0.25, 0.3) is 0 Å². The fraction of sp³-hybridized carbons (Fsp3) is 0.243. The maximum absolute atomic E-state index is 4.74. The zero-order valence-electron chi connectivity index (χ0n) is 67.3. The standard InChI is InChI=1S/C32H34N.C30H30N.C21H21N2.C20H19N2/c1-21-16-30(33(6)20-25(21)19-32(3,4)5)27-18-29(23-12-8-7-9-13-23)31-26-15-11-10-14-24(26)17-28(31)22(27)2;1-19(2)28-18-31(5)29(15-20(28)3)25-17-27(22-11-7-6-8-12-22)30-24-14-10-9-13-23(24)16-26(30)21(25)4;1-13-5-10-21(23(4)12-13)16-8-9-17-18-7-6-14(2)22-20(18)11-19(17)15(16)3;1-13-7-8-17-16-10-9-15(20-6-4-5-11-22(20)3)14(2)18(16)12-19(17)21-13/h7-16,18,20H,17,19H2,1-6H3;6-15,17-19H,16H2,1-5H3;5-10,12H,11H2,1-4H3;4-11H,12H2,1-3H3/q4*+1. The van der Waals surface area contributed by atoms with Crippen molar-refractivity contribution >= 4 is 0 Å². The van der Waals surface area contributed by atoms with E-state index in [1.165, 1.54) is 207 Å². The highest BCUT2D eigenvalue weighted by Gasteiger charge is 2.33. The lowest BCUT2D eigenvalue weighted by Gasteiger charge is -2.20. The van der Waals surface area contributed by atoms with Gasteiger partial charge in [0, 0.05) is 105 Å². The normalized spacial score (nSPS) is 12.3. The molecule has 0 spiro atoms. The van der Waals surface area contributed by atoms with E-state index in [-0.39, 0.29) is 5.41 Å². The van der Waals surface area contributed by atoms with Crippen molar-refractivity contribution in [3.63, 3.8) is 0 Å². The molecule has 0 bridgehead atoms. The number of aryl methyl sites for hydroxylation is 9. The van der Waals surface area contributed by atoms with Crippen LogP contribution in [-0.2, 0) is 60.3 Å². The minimum atomic E-state index is 0.273. The topological polar surface area (TPSA) is 41.3 Å². The summed E-state index contributed by atoms with van der Waals surface area (Å²) >= 11 is 0. The Balaban J connectivity index is 0.000000117. The van der Waals surface area contributed by atoms with Crippen molar-refractivity contribution in [3.8, 4) is 112 Å². The molecule has 6 heterocycles. The van der Waals surface area contributed by atoms with E-state index in [2.05, 4.69) is 381 Å². The smallest absolute Gasteiger partial charge is 0.212 e. The first-order chi connectivity index (χ1) is 52.4. The van der Waals surface area contributed by atoms with Gasteiger partial charge in [0.1, 0.15) is 28.2 Å². The van der Waals surface area contributed by atoms with Crippen molar-refractivity contribution in [2.45, 2.75) is 135 Å². The molecule has 4 aliphatic rings. The number of benzene rings is 8. The first-order valence-electron chi connectivity index (χ1n) is 39.1. The molecule has 6 aromatic heterocycles. The van der Waals surface area contributed by atoms with E-state index in [4.69, 9.17) is 9.97 Å². The number of fused-ring (bicyclic) bond motifs is 12. The minimum absolute atomic E-state index is 0.273. The van der Waals surface area contributed by atoms with Gasteiger partial charge in [0.05, 0.1) is 11.4 Å². The molecule has 8 aromatic carbocycles. The zero-order valence-corrected chi connectivity index (χ0v) is 67.3. The molecule has 0 radical (unpaired) electrons. The van der Waals surface area contributed by atoms with Gasteiger partial charge in [0.2, 0.25) is 22.8 Å². The predicted octanol–water partition coefficient (Wildman–Crippen LogP) is 22.6. The van der Waals surface area contributed by atoms with Gasteiger partial charge in [-0.25, -0.2) is 18.3 Å².